The highest BCUT2D eigenvalue weighted by molar-refractivity contribution is 5.66. The fraction of sp³-hybridized carbons (Fsp3) is 0.957. The smallest absolute Gasteiger partial charge is 0.303 e. The Kier molecular flexibility index (Phi) is 4.91. The van der Waals surface area contributed by atoms with E-state index in [1.807, 2.05) is 0 Å². The molecule has 0 radical (unpaired) electrons. The third-order valence-corrected chi connectivity index (χ3v) is 9.82. The predicted molar refractivity (Wildman–Crippen MR) is 103 cm³/mol. The van der Waals surface area contributed by atoms with Crippen molar-refractivity contribution in [2.45, 2.75) is 97.0 Å². The summed E-state index contributed by atoms with van der Waals surface area (Å²) in [4.78, 5) is 10.9. The van der Waals surface area contributed by atoms with E-state index in [0.717, 1.165) is 31.1 Å². The van der Waals surface area contributed by atoms with Crippen LogP contribution in [0, 0.1) is 40.4 Å². The molecule has 0 aromatic heterocycles. The lowest BCUT2D eigenvalue weighted by Crippen LogP contribution is -2.57. The summed E-state index contributed by atoms with van der Waals surface area (Å²) in [5, 5.41) is 20.3. The zero-order chi connectivity index (χ0) is 18.5. The van der Waals surface area contributed by atoms with E-state index in [2.05, 4.69) is 13.8 Å². The normalized spacial score (nSPS) is 50.6. The molecule has 0 aromatic rings. The molecule has 8 atom stereocenters. The Bertz CT molecular complexity index is 546. The summed E-state index contributed by atoms with van der Waals surface area (Å²) in [5.74, 6) is 2.89. The first-order valence-electron chi connectivity index (χ1n) is 11.3. The lowest BCUT2D eigenvalue weighted by atomic mass is 9.44. The highest BCUT2D eigenvalue weighted by Crippen LogP contribution is 2.67. The maximum Gasteiger partial charge on any atom is 0.303 e. The van der Waals surface area contributed by atoms with Crippen molar-refractivity contribution in [3.8, 4) is 0 Å². The van der Waals surface area contributed by atoms with Gasteiger partial charge in [-0.25, -0.2) is 0 Å². The van der Waals surface area contributed by atoms with Crippen molar-refractivity contribution >= 4 is 5.97 Å². The molecule has 0 aliphatic heterocycles. The Morgan fingerprint density at radius 2 is 1.85 bits per heavy atom. The lowest BCUT2D eigenvalue weighted by Gasteiger charge is -2.62. The standard InChI is InChI=1S/C23H38O3/c1-22-13-4-3-6-15(22)9-11-17-18-12-10-16(7-5-8-21(25)26)23(18,2)20(24)14-19(17)22/h15-20,24H,3-14H2,1-2H3,(H,25,26)/t15?,16?,17?,18?,19?,20-,22?,23?/m0/s1. The number of hydrogen-bond donors (Lipinski definition) is 2. The molecular formula is C23H38O3. The van der Waals surface area contributed by atoms with Gasteiger partial charge in [0.1, 0.15) is 0 Å². The molecule has 4 aliphatic rings. The van der Waals surface area contributed by atoms with Crippen LogP contribution in [0.5, 0.6) is 0 Å². The van der Waals surface area contributed by atoms with Crippen molar-refractivity contribution in [1.29, 1.82) is 0 Å². The van der Waals surface area contributed by atoms with Gasteiger partial charge in [-0.15, -0.1) is 0 Å². The third kappa shape index (κ3) is 2.75. The highest BCUT2D eigenvalue weighted by Gasteiger charge is 2.62. The lowest BCUT2D eigenvalue weighted by molar-refractivity contribution is -0.164. The number of carboxylic acid groups (broad SMARTS) is 1. The van der Waals surface area contributed by atoms with Gasteiger partial charge in [-0.1, -0.05) is 26.7 Å². The maximum atomic E-state index is 11.3. The molecule has 0 spiro atoms. The molecular weight excluding hydrogens is 324 g/mol. The van der Waals surface area contributed by atoms with Crippen LogP contribution in [0.4, 0.5) is 0 Å². The molecule has 0 saturated heterocycles. The maximum absolute atomic E-state index is 11.3. The second kappa shape index (κ2) is 6.79. The van der Waals surface area contributed by atoms with Crippen LogP contribution in [0.25, 0.3) is 0 Å². The summed E-state index contributed by atoms with van der Waals surface area (Å²) in [6.45, 7) is 4.91. The van der Waals surface area contributed by atoms with Crippen LogP contribution < -0.4 is 0 Å². The number of aliphatic hydroxyl groups excluding tert-OH is 1. The first-order chi connectivity index (χ1) is 12.4. The molecule has 7 unspecified atom stereocenters. The zero-order valence-corrected chi connectivity index (χ0v) is 16.8. The minimum absolute atomic E-state index is 0.0253. The highest BCUT2D eigenvalue weighted by atomic mass is 16.4. The quantitative estimate of drug-likeness (QED) is 0.717. The van der Waals surface area contributed by atoms with Crippen molar-refractivity contribution < 1.29 is 15.0 Å². The number of carbonyl (C=O) groups is 1. The van der Waals surface area contributed by atoms with Gasteiger partial charge in [-0.05, 0) is 98.2 Å². The van der Waals surface area contributed by atoms with Crippen LogP contribution in [0.2, 0.25) is 0 Å². The molecule has 4 aliphatic carbocycles. The summed E-state index contributed by atoms with van der Waals surface area (Å²) in [6.07, 6.45) is 13.6. The van der Waals surface area contributed by atoms with Crippen LogP contribution in [0.15, 0.2) is 0 Å². The number of hydrogen-bond acceptors (Lipinski definition) is 2. The van der Waals surface area contributed by atoms with E-state index >= 15 is 0 Å². The second-order valence-corrected chi connectivity index (χ2v) is 10.6. The Balaban J connectivity index is 1.54. The molecule has 3 nitrogen and oxygen atoms in total. The first kappa shape index (κ1) is 18.8. The second-order valence-electron chi connectivity index (χ2n) is 10.6. The summed E-state index contributed by atoms with van der Waals surface area (Å²) in [6, 6.07) is 0. The summed E-state index contributed by atoms with van der Waals surface area (Å²) in [5.41, 5.74) is 0.488. The van der Waals surface area contributed by atoms with Gasteiger partial charge < -0.3 is 10.2 Å². The first-order valence-corrected chi connectivity index (χ1v) is 11.3. The van der Waals surface area contributed by atoms with Crippen LogP contribution >= 0.6 is 0 Å². The molecule has 4 rings (SSSR count). The minimum Gasteiger partial charge on any atom is -0.481 e. The monoisotopic (exact) mass is 362 g/mol. The number of aliphatic carboxylic acids is 1. The Labute approximate surface area is 158 Å². The van der Waals surface area contributed by atoms with Crippen molar-refractivity contribution in [1.82, 2.24) is 0 Å². The fourth-order valence-corrected chi connectivity index (χ4v) is 8.35. The molecule has 0 aromatic carbocycles. The van der Waals surface area contributed by atoms with Crippen molar-refractivity contribution in [3.63, 3.8) is 0 Å². The van der Waals surface area contributed by atoms with Crippen molar-refractivity contribution in [2.75, 3.05) is 0 Å². The Hall–Kier alpha value is -0.570. The van der Waals surface area contributed by atoms with E-state index in [9.17, 15) is 9.90 Å². The van der Waals surface area contributed by atoms with E-state index in [1.54, 1.807) is 0 Å². The van der Waals surface area contributed by atoms with E-state index in [4.69, 9.17) is 5.11 Å². The predicted octanol–water partition coefficient (Wildman–Crippen LogP) is 5.26. The van der Waals surface area contributed by atoms with Crippen LogP contribution in [0.3, 0.4) is 0 Å². The van der Waals surface area contributed by atoms with Gasteiger partial charge in [0, 0.05) is 6.42 Å². The Morgan fingerprint density at radius 3 is 2.62 bits per heavy atom. The number of aliphatic hydroxyl groups is 1. The minimum atomic E-state index is -0.683. The summed E-state index contributed by atoms with van der Waals surface area (Å²) >= 11 is 0. The SMILES string of the molecule is CC12CCCCC1CCC1C2C[C@H](O)C2(C)C(CCCC(=O)O)CCC12. The Morgan fingerprint density at radius 1 is 1.04 bits per heavy atom. The fourth-order valence-electron chi connectivity index (χ4n) is 8.35. The van der Waals surface area contributed by atoms with E-state index < -0.39 is 5.97 Å². The molecule has 0 amide bonds. The molecule has 3 heteroatoms. The van der Waals surface area contributed by atoms with Gasteiger partial charge >= 0.3 is 5.97 Å². The molecule has 2 N–H and O–H groups in total. The average Bonchev–Trinajstić information content (AvgIpc) is 2.93. The van der Waals surface area contributed by atoms with E-state index in [1.165, 1.54) is 51.4 Å². The largest absolute Gasteiger partial charge is 0.481 e. The number of carboxylic acids is 1. The van der Waals surface area contributed by atoms with E-state index in [-0.39, 0.29) is 17.9 Å². The van der Waals surface area contributed by atoms with Gasteiger partial charge in [0.15, 0.2) is 0 Å². The van der Waals surface area contributed by atoms with Crippen LogP contribution in [-0.4, -0.2) is 22.3 Å². The molecule has 26 heavy (non-hydrogen) atoms. The summed E-state index contributed by atoms with van der Waals surface area (Å²) < 4.78 is 0. The molecule has 4 fully saturated rings. The van der Waals surface area contributed by atoms with Crippen LogP contribution in [-0.2, 0) is 4.79 Å². The molecule has 148 valence electrons. The third-order valence-electron chi connectivity index (χ3n) is 9.82. The van der Waals surface area contributed by atoms with Gasteiger partial charge in [-0.3, -0.25) is 4.79 Å². The van der Waals surface area contributed by atoms with Gasteiger partial charge in [0.25, 0.3) is 0 Å². The van der Waals surface area contributed by atoms with Crippen molar-refractivity contribution in [2.24, 2.45) is 40.4 Å². The van der Waals surface area contributed by atoms with Gasteiger partial charge in [0.2, 0.25) is 0 Å². The molecule has 4 saturated carbocycles. The molecule has 0 bridgehead atoms. The van der Waals surface area contributed by atoms with Crippen LogP contribution in [0.1, 0.15) is 90.9 Å². The van der Waals surface area contributed by atoms with Gasteiger partial charge in [0.05, 0.1) is 6.10 Å². The number of fused-ring (bicyclic) bond motifs is 5. The average molecular weight is 363 g/mol. The van der Waals surface area contributed by atoms with E-state index in [0.29, 0.717) is 23.2 Å². The topological polar surface area (TPSA) is 57.5 Å². The van der Waals surface area contributed by atoms with Crippen molar-refractivity contribution in [3.05, 3.63) is 0 Å². The zero-order valence-electron chi connectivity index (χ0n) is 16.8. The number of rotatable bonds is 4. The molecule has 0 heterocycles. The summed E-state index contributed by atoms with van der Waals surface area (Å²) in [7, 11) is 0. The van der Waals surface area contributed by atoms with Gasteiger partial charge in [-0.2, -0.15) is 0 Å².